The summed E-state index contributed by atoms with van der Waals surface area (Å²) in [6.45, 7) is 11.8. The third-order valence-corrected chi connectivity index (χ3v) is 5.85. The fraction of sp³-hybridized carbons (Fsp3) is 0.417. The Balaban J connectivity index is 1.99. The lowest BCUT2D eigenvalue weighted by atomic mass is 9.63. The Morgan fingerprint density at radius 3 is 2.12 bits per heavy atom. The lowest BCUT2D eigenvalue weighted by Gasteiger charge is -2.42. The highest BCUT2D eigenvalue weighted by Crippen LogP contribution is 2.46. The number of rotatable bonds is 3. The van der Waals surface area contributed by atoms with Gasteiger partial charge in [-0.1, -0.05) is 76.2 Å². The molecular formula is C24H30O. The predicted octanol–water partition coefficient (Wildman–Crippen LogP) is 6.09. The summed E-state index contributed by atoms with van der Waals surface area (Å²) in [5, 5.41) is 9.18. The predicted molar refractivity (Wildman–Crippen MR) is 108 cm³/mol. The van der Waals surface area contributed by atoms with E-state index in [1.807, 2.05) is 12.1 Å². The van der Waals surface area contributed by atoms with E-state index in [0.29, 0.717) is 0 Å². The van der Waals surface area contributed by atoms with Crippen molar-refractivity contribution in [1.29, 1.82) is 0 Å². The van der Waals surface area contributed by atoms with E-state index in [9.17, 15) is 5.11 Å². The first-order valence-corrected chi connectivity index (χ1v) is 9.26. The summed E-state index contributed by atoms with van der Waals surface area (Å²) in [5.74, 6) is 0. The van der Waals surface area contributed by atoms with Crippen LogP contribution in [0.15, 0.2) is 42.5 Å². The van der Waals surface area contributed by atoms with Crippen LogP contribution in [0.1, 0.15) is 75.3 Å². The van der Waals surface area contributed by atoms with E-state index >= 15 is 0 Å². The zero-order chi connectivity index (χ0) is 18.2. The van der Waals surface area contributed by atoms with Crippen LogP contribution in [0, 0.1) is 0 Å². The summed E-state index contributed by atoms with van der Waals surface area (Å²) in [7, 11) is 0. The largest absolute Gasteiger partial charge is 0.392 e. The quantitative estimate of drug-likeness (QED) is 0.674. The Morgan fingerprint density at radius 2 is 1.52 bits per heavy atom. The van der Waals surface area contributed by atoms with Crippen LogP contribution >= 0.6 is 0 Å². The first-order valence-electron chi connectivity index (χ1n) is 9.26. The Morgan fingerprint density at radius 1 is 0.920 bits per heavy atom. The summed E-state index contributed by atoms with van der Waals surface area (Å²) in [6, 6.07) is 15.1. The molecule has 0 saturated carbocycles. The molecular weight excluding hydrogens is 304 g/mol. The van der Waals surface area contributed by atoms with Gasteiger partial charge in [0.1, 0.15) is 0 Å². The van der Waals surface area contributed by atoms with E-state index in [0.717, 1.165) is 5.56 Å². The number of hydrogen-bond acceptors (Lipinski definition) is 1. The van der Waals surface area contributed by atoms with Gasteiger partial charge in [0.05, 0.1) is 6.61 Å². The molecule has 25 heavy (non-hydrogen) atoms. The lowest BCUT2D eigenvalue weighted by molar-refractivity contribution is 0.282. The molecule has 1 N–H and O–H groups in total. The minimum atomic E-state index is 0.0959. The molecule has 0 fully saturated rings. The molecule has 0 amide bonds. The zero-order valence-corrected chi connectivity index (χ0v) is 16.2. The van der Waals surface area contributed by atoms with Gasteiger partial charge in [0, 0.05) is 0 Å². The van der Waals surface area contributed by atoms with Crippen LogP contribution in [-0.2, 0) is 17.4 Å². The summed E-state index contributed by atoms with van der Waals surface area (Å²) in [5.41, 5.74) is 8.22. The molecule has 0 aromatic heterocycles. The number of aliphatic hydroxyl groups is 1. The van der Waals surface area contributed by atoms with Crippen molar-refractivity contribution in [3.8, 4) is 0 Å². The Kier molecular flexibility index (Phi) is 4.64. The molecule has 0 saturated heterocycles. The van der Waals surface area contributed by atoms with Crippen molar-refractivity contribution >= 4 is 11.6 Å². The zero-order valence-electron chi connectivity index (χ0n) is 16.2. The standard InChI is InChI=1S/C24H30O/c1-17(14-18-6-8-19(16-25)9-7-18)20-10-11-21-22(15-20)24(4,5)13-12-23(21,2)3/h6-11,14-15,25H,12-13,16H2,1-5H3/b17-14+. The SMILES string of the molecule is C/C(=C\c1ccc(CO)cc1)c1ccc2c(c1)C(C)(C)CCC2(C)C. The van der Waals surface area contributed by atoms with Crippen molar-refractivity contribution in [2.45, 2.75) is 64.9 Å². The highest BCUT2D eigenvalue weighted by Gasteiger charge is 2.36. The van der Waals surface area contributed by atoms with E-state index in [-0.39, 0.29) is 17.4 Å². The third-order valence-electron chi connectivity index (χ3n) is 5.85. The van der Waals surface area contributed by atoms with Crippen molar-refractivity contribution in [2.24, 2.45) is 0 Å². The first-order chi connectivity index (χ1) is 11.7. The fourth-order valence-electron chi connectivity index (χ4n) is 3.89. The second-order valence-electron chi connectivity index (χ2n) is 8.76. The highest BCUT2D eigenvalue weighted by atomic mass is 16.3. The molecule has 1 heteroatoms. The van der Waals surface area contributed by atoms with Crippen LogP contribution in [0.3, 0.4) is 0 Å². The fourth-order valence-corrected chi connectivity index (χ4v) is 3.89. The van der Waals surface area contributed by atoms with Crippen LogP contribution in [-0.4, -0.2) is 5.11 Å². The topological polar surface area (TPSA) is 20.2 Å². The van der Waals surface area contributed by atoms with Gasteiger partial charge in [-0.2, -0.15) is 0 Å². The van der Waals surface area contributed by atoms with Gasteiger partial charge in [0.15, 0.2) is 0 Å². The monoisotopic (exact) mass is 334 g/mol. The molecule has 0 aliphatic heterocycles. The van der Waals surface area contributed by atoms with Gasteiger partial charge in [0.25, 0.3) is 0 Å². The molecule has 1 aliphatic rings. The second-order valence-corrected chi connectivity index (χ2v) is 8.76. The molecule has 0 atom stereocenters. The Hall–Kier alpha value is -1.86. The number of benzene rings is 2. The summed E-state index contributed by atoms with van der Waals surface area (Å²) in [4.78, 5) is 0. The molecule has 1 nitrogen and oxygen atoms in total. The normalized spacial score (nSPS) is 18.7. The smallest absolute Gasteiger partial charge is 0.0681 e. The van der Waals surface area contributed by atoms with Crippen LogP contribution in [0.2, 0.25) is 0 Å². The maximum atomic E-state index is 9.18. The van der Waals surface area contributed by atoms with Crippen LogP contribution in [0.4, 0.5) is 0 Å². The van der Waals surface area contributed by atoms with Gasteiger partial charge in [-0.05, 0) is 64.0 Å². The maximum absolute atomic E-state index is 9.18. The molecule has 0 heterocycles. The van der Waals surface area contributed by atoms with E-state index in [4.69, 9.17) is 0 Å². The van der Waals surface area contributed by atoms with Crippen molar-refractivity contribution < 1.29 is 5.11 Å². The molecule has 0 unspecified atom stereocenters. The molecule has 0 bridgehead atoms. The molecule has 2 aromatic carbocycles. The van der Waals surface area contributed by atoms with Gasteiger partial charge in [-0.25, -0.2) is 0 Å². The van der Waals surface area contributed by atoms with Crippen molar-refractivity contribution in [1.82, 2.24) is 0 Å². The molecule has 3 rings (SSSR count). The number of aliphatic hydroxyl groups excluding tert-OH is 1. The second kappa shape index (κ2) is 6.46. The van der Waals surface area contributed by atoms with Crippen LogP contribution in [0.5, 0.6) is 0 Å². The van der Waals surface area contributed by atoms with Gasteiger partial charge >= 0.3 is 0 Å². The summed E-state index contributed by atoms with van der Waals surface area (Å²) in [6.07, 6.45) is 4.71. The lowest BCUT2D eigenvalue weighted by Crippen LogP contribution is -2.33. The van der Waals surface area contributed by atoms with Gasteiger partial charge in [0.2, 0.25) is 0 Å². The highest BCUT2D eigenvalue weighted by molar-refractivity contribution is 5.80. The molecule has 0 radical (unpaired) electrons. The number of fused-ring (bicyclic) bond motifs is 1. The average Bonchev–Trinajstić information content (AvgIpc) is 2.59. The van der Waals surface area contributed by atoms with Crippen molar-refractivity contribution in [3.05, 3.63) is 70.3 Å². The van der Waals surface area contributed by atoms with Crippen molar-refractivity contribution in [2.75, 3.05) is 0 Å². The van der Waals surface area contributed by atoms with E-state index in [1.54, 1.807) is 0 Å². The van der Waals surface area contributed by atoms with Crippen LogP contribution in [0.25, 0.3) is 11.6 Å². The van der Waals surface area contributed by atoms with E-state index < -0.39 is 0 Å². The summed E-state index contributed by atoms with van der Waals surface area (Å²) >= 11 is 0. The average molecular weight is 335 g/mol. The number of hydrogen-bond donors (Lipinski definition) is 1. The minimum Gasteiger partial charge on any atom is -0.392 e. The maximum Gasteiger partial charge on any atom is 0.0681 e. The minimum absolute atomic E-state index is 0.0959. The van der Waals surface area contributed by atoms with Gasteiger partial charge in [-0.3, -0.25) is 0 Å². The van der Waals surface area contributed by atoms with Gasteiger partial charge < -0.3 is 5.11 Å². The van der Waals surface area contributed by atoms with E-state index in [1.165, 1.54) is 40.7 Å². The van der Waals surface area contributed by atoms with E-state index in [2.05, 4.69) is 71.0 Å². The Bertz CT molecular complexity index is 791. The molecule has 1 aliphatic carbocycles. The van der Waals surface area contributed by atoms with Crippen LogP contribution < -0.4 is 0 Å². The molecule has 0 spiro atoms. The number of allylic oxidation sites excluding steroid dienone is 1. The third kappa shape index (κ3) is 3.57. The molecule has 132 valence electrons. The van der Waals surface area contributed by atoms with Gasteiger partial charge in [-0.15, -0.1) is 0 Å². The van der Waals surface area contributed by atoms with Crippen molar-refractivity contribution in [3.63, 3.8) is 0 Å². The first kappa shape index (κ1) is 17.9. The molecule has 2 aromatic rings. The Labute approximate surface area is 152 Å². The summed E-state index contributed by atoms with van der Waals surface area (Å²) < 4.78 is 0.